The fraction of sp³-hybridized carbons (Fsp3) is 0.154. The SMILES string of the molecule is CCOC(=O)C1=C(C)OC(N)=C(C#N)C1c1ccc(-c2cccc3ccccc23)cc1. The molecule has 1 aliphatic heterocycles. The highest BCUT2D eigenvalue weighted by atomic mass is 16.5. The lowest BCUT2D eigenvalue weighted by molar-refractivity contribution is -0.139. The molecule has 0 saturated carbocycles. The van der Waals surface area contributed by atoms with Gasteiger partial charge in [0.05, 0.1) is 18.1 Å². The molecule has 5 heteroatoms. The first-order chi connectivity index (χ1) is 15.0. The van der Waals surface area contributed by atoms with Gasteiger partial charge in [-0.05, 0) is 41.3 Å². The van der Waals surface area contributed by atoms with Gasteiger partial charge in [0, 0.05) is 0 Å². The van der Waals surface area contributed by atoms with Gasteiger partial charge in [-0.1, -0.05) is 66.7 Å². The van der Waals surface area contributed by atoms with Crippen molar-refractivity contribution in [3.8, 4) is 17.2 Å². The maximum Gasteiger partial charge on any atom is 0.338 e. The molecule has 3 aromatic carbocycles. The van der Waals surface area contributed by atoms with Crippen LogP contribution in [0, 0.1) is 11.3 Å². The molecule has 0 fully saturated rings. The zero-order valence-electron chi connectivity index (χ0n) is 17.4. The van der Waals surface area contributed by atoms with Gasteiger partial charge in [-0.3, -0.25) is 0 Å². The lowest BCUT2D eigenvalue weighted by atomic mass is 9.82. The first-order valence-corrected chi connectivity index (χ1v) is 10.1. The van der Waals surface area contributed by atoms with E-state index in [0.717, 1.165) is 22.1 Å². The van der Waals surface area contributed by atoms with Crippen molar-refractivity contribution in [2.45, 2.75) is 19.8 Å². The fourth-order valence-corrected chi connectivity index (χ4v) is 4.02. The van der Waals surface area contributed by atoms with Crippen LogP contribution in [0.4, 0.5) is 0 Å². The molecule has 0 saturated heterocycles. The van der Waals surface area contributed by atoms with Gasteiger partial charge >= 0.3 is 5.97 Å². The standard InChI is InChI=1S/C26H22N2O3/c1-3-30-26(29)23-16(2)31-25(28)22(15-27)24(23)19-13-11-18(12-14-19)21-10-6-8-17-7-4-5-9-20(17)21/h4-14,24H,3,28H2,1-2H3. The predicted octanol–water partition coefficient (Wildman–Crippen LogP) is 5.15. The lowest BCUT2D eigenvalue weighted by Gasteiger charge is -2.27. The van der Waals surface area contributed by atoms with Crippen LogP contribution < -0.4 is 5.73 Å². The second kappa shape index (κ2) is 8.37. The monoisotopic (exact) mass is 410 g/mol. The summed E-state index contributed by atoms with van der Waals surface area (Å²) < 4.78 is 10.7. The van der Waals surface area contributed by atoms with E-state index in [2.05, 4.69) is 30.3 Å². The molecule has 154 valence electrons. The first-order valence-electron chi connectivity index (χ1n) is 10.1. The largest absolute Gasteiger partial charge is 0.463 e. The molecule has 4 rings (SSSR count). The number of hydrogen-bond donors (Lipinski definition) is 1. The minimum absolute atomic E-state index is 0.0104. The summed E-state index contributed by atoms with van der Waals surface area (Å²) in [5.74, 6) is -0.794. The molecule has 0 bridgehead atoms. The minimum Gasteiger partial charge on any atom is -0.463 e. The number of benzene rings is 3. The van der Waals surface area contributed by atoms with Gasteiger partial charge < -0.3 is 15.2 Å². The number of carbonyl (C=O) groups is 1. The van der Waals surface area contributed by atoms with Crippen LogP contribution in [0.5, 0.6) is 0 Å². The van der Waals surface area contributed by atoms with Gasteiger partial charge in [-0.2, -0.15) is 5.26 Å². The molecule has 2 N–H and O–H groups in total. The Kier molecular flexibility index (Phi) is 5.46. The molecule has 1 unspecified atom stereocenters. The Labute approximate surface area is 181 Å². The van der Waals surface area contributed by atoms with Gasteiger partial charge in [0.15, 0.2) is 0 Å². The number of allylic oxidation sites excluding steroid dienone is 2. The zero-order chi connectivity index (χ0) is 22.0. The van der Waals surface area contributed by atoms with Gasteiger partial charge in [0.25, 0.3) is 0 Å². The average Bonchev–Trinajstić information content (AvgIpc) is 2.78. The summed E-state index contributed by atoms with van der Waals surface area (Å²) in [6.07, 6.45) is 0. The van der Waals surface area contributed by atoms with Gasteiger partial charge in [-0.25, -0.2) is 4.79 Å². The first kappa shape index (κ1) is 20.2. The summed E-state index contributed by atoms with van der Waals surface area (Å²) in [5, 5.41) is 12.0. The second-order valence-corrected chi connectivity index (χ2v) is 7.26. The third-order valence-electron chi connectivity index (χ3n) is 5.45. The molecule has 3 aromatic rings. The Balaban J connectivity index is 1.80. The van der Waals surface area contributed by atoms with E-state index < -0.39 is 11.9 Å². The van der Waals surface area contributed by atoms with Crippen LogP contribution in [0.25, 0.3) is 21.9 Å². The second-order valence-electron chi connectivity index (χ2n) is 7.26. The molecule has 0 spiro atoms. The Morgan fingerprint density at radius 1 is 1.10 bits per heavy atom. The van der Waals surface area contributed by atoms with Crippen LogP contribution in [-0.4, -0.2) is 12.6 Å². The Bertz CT molecular complexity index is 1260. The van der Waals surface area contributed by atoms with E-state index in [1.807, 2.05) is 42.5 Å². The van der Waals surface area contributed by atoms with Crippen LogP contribution in [0.15, 0.2) is 89.5 Å². The van der Waals surface area contributed by atoms with Crippen LogP contribution >= 0.6 is 0 Å². The maximum atomic E-state index is 12.7. The summed E-state index contributed by atoms with van der Waals surface area (Å²) in [5.41, 5.74) is 9.40. The lowest BCUT2D eigenvalue weighted by Crippen LogP contribution is -2.25. The summed E-state index contributed by atoms with van der Waals surface area (Å²) in [4.78, 5) is 12.7. The molecule has 5 nitrogen and oxygen atoms in total. The number of nitrogens with two attached hydrogens (primary N) is 1. The molecule has 0 aromatic heterocycles. The van der Waals surface area contributed by atoms with Gasteiger partial charge in [0.1, 0.15) is 17.4 Å². The van der Waals surface area contributed by atoms with Crippen LogP contribution in [0.2, 0.25) is 0 Å². The zero-order valence-corrected chi connectivity index (χ0v) is 17.4. The Morgan fingerprint density at radius 3 is 2.52 bits per heavy atom. The van der Waals surface area contributed by atoms with Crippen LogP contribution in [0.3, 0.4) is 0 Å². The fourth-order valence-electron chi connectivity index (χ4n) is 4.02. The van der Waals surface area contributed by atoms with Gasteiger partial charge in [-0.15, -0.1) is 0 Å². The third-order valence-corrected chi connectivity index (χ3v) is 5.45. The summed E-state index contributed by atoms with van der Waals surface area (Å²) in [7, 11) is 0. The number of carbonyl (C=O) groups excluding carboxylic acids is 1. The summed E-state index contributed by atoms with van der Waals surface area (Å²) in [6.45, 7) is 3.62. The van der Waals surface area contributed by atoms with Crippen molar-refractivity contribution in [3.05, 3.63) is 95.1 Å². The van der Waals surface area contributed by atoms with E-state index >= 15 is 0 Å². The van der Waals surface area contributed by atoms with Crippen molar-refractivity contribution >= 4 is 16.7 Å². The molecule has 1 aliphatic rings. The van der Waals surface area contributed by atoms with E-state index in [0.29, 0.717) is 11.3 Å². The number of rotatable bonds is 4. The highest BCUT2D eigenvalue weighted by molar-refractivity contribution is 5.97. The smallest absolute Gasteiger partial charge is 0.338 e. The number of ether oxygens (including phenoxy) is 2. The molecule has 0 aliphatic carbocycles. The van der Waals surface area contributed by atoms with Crippen LogP contribution in [-0.2, 0) is 14.3 Å². The van der Waals surface area contributed by atoms with Crippen molar-refractivity contribution in [2.24, 2.45) is 5.73 Å². The molecular formula is C26H22N2O3. The number of nitrogens with zero attached hydrogens (tertiary/aromatic N) is 1. The topological polar surface area (TPSA) is 85.3 Å². The molecule has 1 atom stereocenters. The average molecular weight is 410 g/mol. The van der Waals surface area contributed by atoms with Crippen molar-refractivity contribution in [1.29, 1.82) is 5.26 Å². The molecule has 1 heterocycles. The quantitative estimate of drug-likeness (QED) is 0.601. The predicted molar refractivity (Wildman–Crippen MR) is 119 cm³/mol. The third kappa shape index (κ3) is 3.64. The number of hydrogen-bond acceptors (Lipinski definition) is 5. The molecule has 0 amide bonds. The minimum atomic E-state index is -0.639. The Morgan fingerprint density at radius 2 is 1.81 bits per heavy atom. The normalized spacial score (nSPS) is 16.1. The van der Waals surface area contributed by atoms with E-state index in [1.165, 1.54) is 5.39 Å². The van der Waals surface area contributed by atoms with Crippen molar-refractivity contribution in [1.82, 2.24) is 0 Å². The van der Waals surface area contributed by atoms with Crippen molar-refractivity contribution < 1.29 is 14.3 Å². The highest BCUT2D eigenvalue weighted by Gasteiger charge is 2.36. The maximum absolute atomic E-state index is 12.7. The summed E-state index contributed by atoms with van der Waals surface area (Å²) >= 11 is 0. The number of esters is 1. The number of fused-ring (bicyclic) bond motifs is 1. The van der Waals surface area contributed by atoms with Crippen molar-refractivity contribution in [2.75, 3.05) is 6.61 Å². The Hall–Kier alpha value is -4.04. The summed E-state index contributed by atoms with van der Waals surface area (Å²) in [6, 6.07) is 24.4. The van der Waals surface area contributed by atoms with E-state index in [-0.39, 0.29) is 18.1 Å². The highest BCUT2D eigenvalue weighted by Crippen LogP contribution is 2.40. The van der Waals surface area contributed by atoms with Gasteiger partial charge in [0.2, 0.25) is 5.88 Å². The number of nitriles is 1. The molecule has 31 heavy (non-hydrogen) atoms. The van der Waals surface area contributed by atoms with Crippen LogP contribution in [0.1, 0.15) is 25.3 Å². The molecule has 0 radical (unpaired) electrons. The van der Waals surface area contributed by atoms with Crippen molar-refractivity contribution in [3.63, 3.8) is 0 Å². The molecular weight excluding hydrogens is 388 g/mol. The van der Waals surface area contributed by atoms with E-state index in [9.17, 15) is 10.1 Å². The van der Waals surface area contributed by atoms with E-state index in [1.54, 1.807) is 13.8 Å². The van der Waals surface area contributed by atoms with E-state index in [4.69, 9.17) is 15.2 Å².